The molecule has 0 radical (unpaired) electrons. The van der Waals surface area contributed by atoms with Gasteiger partial charge in [0.15, 0.2) is 5.84 Å². The second-order valence-electron chi connectivity index (χ2n) is 4.01. The van der Waals surface area contributed by atoms with Gasteiger partial charge in [-0.3, -0.25) is 4.79 Å². The molecule has 1 aliphatic rings. The number of carbonyl (C=O) groups excluding carboxylic acids is 1. The van der Waals surface area contributed by atoms with Gasteiger partial charge in [0.2, 0.25) is 5.91 Å². The van der Waals surface area contributed by atoms with E-state index < -0.39 is 30.5 Å². The molecule has 0 aromatic carbocycles. The van der Waals surface area contributed by atoms with Gasteiger partial charge < -0.3 is 21.6 Å². The first-order valence-corrected chi connectivity index (χ1v) is 5.41. The second-order valence-corrected chi connectivity index (χ2v) is 4.01. The van der Waals surface area contributed by atoms with Crippen LogP contribution in [0.5, 0.6) is 0 Å². The second kappa shape index (κ2) is 5.89. The van der Waals surface area contributed by atoms with Crippen LogP contribution in [0, 0.1) is 5.92 Å². The van der Waals surface area contributed by atoms with E-state index in [1.54, 1.807) is 0 Å². The van der Waals surface area contributed by atoms with Crippen molar-refractivity contribution in [1.82, 2.24) is 10.6 Å². The molecule has 5 N–H and O–H groups in total. The first kappa shape index (κ1) is 14.6. The van der Waals surface area contributed by atoms with Crippen LogP contribution in [-0.2, 0) is 4.79 Å². The highest BCUT2D eigenvalue weighted by Crippen LogP contribution is 2.26. The summed E-state index contributed by atoms with van der Waals surface area (Å²) in [5, 5.41) is 15.7. The smallest absolute Gasteiger partial charge is 0.400 e. The number of nitrogens with one attached hydrogen (secondary N) is 2. The highest BCUT2D eigenvalue weighted by molar-refractivity contribution is 5.84. The lowest BCUT2D eigenvalue weighted by Crippen LogP contribution is -2.52. The molecule has 18 heavy (non-hydrogen) atoms. The van der Waals surface area contributed by atoms with Crippen molar-refractivity contribution in [2.75, 3.05) is 13.1 Å². The Morgan fingerprint density at radius 2 is 2.33 bits per heavy atom. The summed E-state index contributed by atoms with van der Waals surface area (Å²) in [7, 11) is 0. The van der Waals surface area contributed by atoms with Crippen molar-refractivity contribution >= 4 is 11.7 Å². The summed E-state index contributed by atoms with van der Waals surface area (Å²) in [5.41, 5.74) is 4.99. The number of amides is 1. The molecule has 0 saturated carbocycles. The Labute approximate surface area is 101 Å². The van der Waals surface area contributed by atoms with Crippen molar-refractivity contribution in [2.24, 2.45) is 16.8 Å². The number of carbonyl (C=O) groups is 1. The van der Waals surface area contributed by atoms with Crippen LogP contribution < -0.4 is 16.4 Å². The molecular weight excluding hydrogens is 253 g/mol. The molecule has 0 aromatic rings. The summed E-state index contributed by atoms with van der Waals surface area (Å²) in [6, 6.07) is -0.671. The van der Waals surface area contributed by atoms with Crippen LogP contribution in [0.15, 0.2) is 5.16 Å². The molecule has 1 amide bonds. The summed E-state index contributed by atoms with van der Waals surface area (Å²) in [6.07, 6.45) is -3.47. The van der Waals surface area contributed by atoms with E-state index in [0.717, 1.165) is 0 Å². The number of rotatable bonds is 4. The first-order valence-electron chi connectivity index (χ1n) is 5.41. The minimum Gasteiger partial charge on any atom is -0.409 e. The van der Waals surface area contributed by atoms with Crippen molar-refractivity contribution in [3.63, 3.8) is 0 Å². The molecule has 1 heterocycles. The topological polar surface area (TPSA) is 99.7 Å². The monoisotopic (exact) mass is 268 g/mol. The zero-order chi connectivity index (χ0) is 13.8. The fraction of sp³-hybridized carbons (Fsp3) is 0.778. The largest absolute Gasteiger partial charge is 0.409 e. The fourth-order valence-corrected chi connectivity index (χ4v) is 1.68. The third-order valence-electron chi connectivity index (χ3n) is 2.72. The average Bonchev–Trinajstić information content (AvgIpc) is 2.29. The van der Waals surface area contributed by atoms with E-state index >= 15 is 0 Å². The van der Waals surface area contributed by atoms with Gasteiger partial charge >= 0.3 is 6.18 Å². The molecule has 2 unspecified atom stereocenters. The molecule has 2 atom stereocenters. The molecule has 9 heteroatoms. The first-order chi connectivity index (χ1) is 8.36. The molecule has 1 saturated heterocycles. The van der Waals surface area contributed by atoms with Crippen LogP contribution in [0.3, 0.4) is 0 Å². The molecule has 0 aromatic heterocycles. The minimum absolute atomic E-state index is 0.332. The van der Waals surface area contributed by atoms with E-state index in [1.165, 1.54) is 0 Å². The van der Waals surface area contributed by atoms with Crippen molar-refractivity contribution in [3.05, 3.63) is 0 Å². The lowest BCUT2D eigenvalue weighted by molar-refractivity contribution is -0.155. The molecule has 6 nitrogen and oxygen atoms in total. The number of nitrogens with two attached hydrogens (primary N) is 1. The van der Waals surface area contributed by atoms with Gasteiger partial charge in [-0.25, -0.2) is 0 Å². The zero-order valence-electron chi connectivity index (χ0n) is 9.50. The number of halogens is 3. The lowest BCUT2D eigenvalue weighted by Gasteiger charge is -2.26. The third-order valence-corrected chi connectivity index (χ3v) is 2.72. The molecule has 104 valence electrons. The normalized spacial score (nSPS) is 23.6. The number of hydrogen-bond acceptors (Lipinski definition) is 4. The highest BCUT2D eigenvalue weighted by Gasteiger charge is 2.43. The Hall–Kier alpha value is -1.51. The van der Waals surface area contributed by atoms with Crippen molar-refractivity contribution in [2.45, 2.75) is 25.1 Å². The van der Waals surface area contributed by atoms with Gasteiger partial charge in [-0.2, -0.15) is 13.2 Å². The Morgan fingerprint density at radius 1 is 1.67 bits per heavy atom. The van der Waals surface area contributed by atoms with Crippen molar-refractivity contribution in [3.8, 4) is 0 Å². The lowest BCUT2D eigenvalue weighted by atomic mass is 10.0. The van der Waals surface area contributed by atoms with Crippen molar-refractivity contribution in [1.29, 1.82) is 0 Å². The maximum atomic E-state index is 12.6. The summed E-state index contributed by atoms with van der Waals surface area (Å²) in [6.45, 7) is -0.0720. The number of nitrogens with zero attached hydrogens (tertiary/aromatic N) is 1. The Balaban J connectivity index is 2.59. The predicted molar refractivity (Wildman–Crippen MR) is 57.0 cm³/mol. The highest BCUT2D eigenvalue weighted by atomic mass is 19.4. The summed E-state index contributed by atoms with van der Waals surface area (Å²) >= 11 is 0. The van der Waals surface area contributed by atoms with Crippen LogP contribution in [0.1, 0.15) is 12.8 Å². The van der Waals surface area contributed by atoms with Crippen LogP contribution in [0.25, 0.3) is 0 Å². The third kappa shape index (κ3) is 3.76. The van der Waals surface area contributed by atoms with E-state index in [0.29, 0.717) is 19.4 Å². The van der Waals surface area contributed by atoms with E-state index in [4.69, 9.17) is 10.9 Å². The van der Waals surface area contributed by atoms with Crippen LogP contribution >= 0.6 is 0 Å². The van der Waals surface area contributed by atoms with Gasteiger partial charge in [0.05, 0.1) is 6.04 Å². The average molecular weight is 268 g/mol. The summed E-state index contributed by atoms with van der Waals surface area (Å²) in [5.74, 6) is -3.37. The maximum absolute atomic E-state index is 12.6. The van der Waals surface area contributed by atoms with Crippen molar-refractivity contribution < 1.29 is 23.2 Å². The van der Waals surface area contributed by atoms with Gasteiger partial charge in [0.25, 0.3) is 0 Å². The van der Waals surface area contributed by atoms with Gasteiger partial charge in [-0.05, 0) is 12.8 Å². The molecule has 1 aliphatic heterocycles. The summed E-state index contributed by atoms with van der Waals surface area (Å²) < 4.78 is 37.8. The van der Waals surface area contributed by atoms with E-state index in [9.17, 15) is 18.0 Å². The van der Waals surface area contributed by atoms with Gasteiger partial charge in [-0.15, -0.1) is 0 Å². The van der Waals surface area contributed by atoms with Crippen LogP contribution in [0.4, 0.5) is 13.2 Å². The van der Waals surface area contributed by atoms with Crippen LogP contribution in [-0.4, -0.2) is 42.3 Å². The van der Waals surface area contributed by atoms with Crippen LogP contribution in [0.2, 0.25) is 0 Å². The molecule has 1 fully saturated rings. The van der Waals surface area contributed by atoms with Gasteiger partial charge in [-0.1, -0.05) is 5.16 Å². The SMILES string of the molecule is NC(=NO)C(CNC1CCCNC1=O)C(F)(F)F. The number of alkyl halides is 3. The predicted octanol–water partition coefficient (Wildman–Crippen LogP) is -0.221. The van der Waals surface area contributed by atoms with Gasteiger partial charge in [0, 0.05) is 13.1 Å². The number of piperidine rings is 1. The van der Waals surface area contributed by atoms with E-state index in [-0.39, 0.29) is 5.91 Å². The maximum Gasteiger partial charge on any atom is 0.400 e. The molecule has 0 bridgehead atoms. The standard InChI is InChI=1S/C9H15F3N4O2/c10-9(11,12)5(7(13)16-18)4-15-6-2-1-3-14-8(6)17/h5-6,15,18H,1-4H2,(H2,13,16)(H,14,17). The number of oxime groups is 1. The minimum atomic E-state index is -4.63. The Bertz CT molecular complexity index is 332. The summed E-state index contributed by atoms with van der Waals surface area (Å²) in [4.78, 5) is 11.3. The van der Waals surface area contributed by atoms with Gasteiger partial charge in [0.1, 0.15) is 5.92 Å². The fourth-order valence-electron chi connectivity index (χ4n) is 1.68. The van der Waals surface area contributed by atoms with E-state index in [1.807, 2.05) is 0 Å². The Kier molecular flexibility index (Phi) is 4.76. The molecular formula is C9H15F3N4O2. The number of hydrogen-bond donors (Lipinski definition) is 4. The molecule has 0 aliphatic carbocycles. The number of amidine groups is 1. The Morgan fingerprint density at radius 3 is 2.83 bits per heavy atom. The molecule has 1 rings (SSSR count). The quantitative estimate of drug-likeness (QED) is 0.245. The van der Waals surface area contributed by atoms with E-state index in [2.05, 4.69) is 15.8 Å². The zero-order valence-corrected chi connectivity index (χ0v) is 9.50. The molecule has 0 spiro atoms.